The fraction of sp³-hybridized carbons (Fsp3) is 0.316. The molecule has 1 aromatic carbocycles. The summed E-state index contributed by atoms with van der Waals surface area (Å²) in [5.41, 5.74) is -0.255. The Kier molecular flexibility index (Phi) is 6.71. The first-order valence-corrected chi connectivity index (χ1v) is 8.15. The molecule has 0 radical (unpaired) electrons. The highest BCUT2D eigenvalue weighted by molar-refractivity contribution is 14.0. The number of furan rings is 2. The lowest BCUT2D eigenvalue weighted by Crippen LogP contribution is -2.44. The van der Waals surface area contributed by atoms with Gasteiger partial charge in [0.25, 0.3) is 0 Å². The maximum Gasteiger partial charge on any atom is 0.193 e. The van der Waals surface area contributed by atoms with Crippen molar-refractivity contribution in [2.24, 2.45) is 4.99 Å². The van der Waals surface area contributed by atoms with E-state index >= 15 is 0 Å². The zero-order valence-corrected chi connectivity index (χ0v) is 17.4. The number of fused-ring (bicyclic) bond motifs is 1. The summed E-state index contributed by atoms with van der Waals surface area (Å²) in [7, 11) is 3.63. The molecule has 3 rings (SSSR count). The molecule has 2 heterocycles. The largest absolute Gasteiger partial charge is 0.466 e. The Bertz CT molecular complexity index is 823. The Balaban J connectivity index is 0.00000243. The number of guanidine groups is 1. The van der Waals surface area contributed by atoms with Gasteiger partial charge >= 0.3 is 0 Å². The molecule has 140 valence electrons. The Morgan fingerprint density at radius 1 is 1.27 bits per heavy atom. The molecule has 0 aliphatic carbocycles. The van der Waals surface area contributed by atoms with Gasteiger partial charge in [-0.3, -0.25) is 4.99 Å². The van der Waals surface area contributed by atoms with E-state index < -0.39 is 5.60 Å². The molecule has 0 fully saturated rings. The second kappa shape index (κ2) is 8.59. The van der Waals surface area contributed by atoms with Crippen LogP contribution in [0, 0.1) is 0 Å². The van der Waals surface area contributed by atoms with E-state index in [4.69, 9.17) is 8.83 Å². The number of nitrogens with one attached hydrogen (secondary N) is 1. The predicted molar refractivity (Wildman–Crippen MR) is 113 cm³/mol. The number of rotatable bonds is 5. The molecule has 3 aromatic rings. The Morgan fingerprint density at radius 3 is 2.69 bits per heavy atom. The summed E-state index contributed by atoms with van der Waals surface area (Å²) in [4.78, 5) is 6.21. The fourth-order valence-electron chi connectivity index (χ4n) is 2.73. The first-order valence-electron chi connectivity index (χ1n) is 8.15. The van der Waals surface area contributed by atoms with Crippen LogP contribution in [-0.2, 0) is 12.1 Å². The van der Waals surface area contributed by atoms with E-state index in [9.17, 15) is 5.11 Å². The lowest BCUT2D eigenvalue weighted by Gasteiger charge is -2.26. The van der Waals surface area contributed by atoms with E-state index in [1.807, 2.05) is 42.3 Å². The molecule has 26 heavy (non-hydrogen) atoms. The number of hydrogen-bond donors (Lipinski definition) is 2. The molecule has 0 aliphatic rings. The fourth-order valence-corrected chi connectivity index (χ4v) is 2.73. The van der Waals surface area contributed by atoms with Gasteiger partial charge in [0.15, 0.2) is 5.96 Å². The number of benzene rings is 1. The highest BCUT2D eigenvalue weighted by Crippen LogP contribution is 2.21. The molecule has 0 saturated heterocycles. The number of aliphatic hydroxyl groups is 1. The monoisotopic (exact) mass is 469 g/mol. The molecule has 0 bridgehead atoms. The zero-order valence-electron chi connectivity index (χ0n) is 15.1. The van der Waals surface area contributed by atoms with Crippen LogP contribution in [0.15, 0.2) is 62.6 Å². The minimum Gasteiger partial charge on any atom is -0.466 e. The number of aliphatic imine (C=N–C) groups is 1. The van der Waals surface area contributed by atoms with Crippen LogP contribution in [0.2, 0.25) is 0 Å². The molecule has 0 saturated carbocycles. The van der Waals surface area contributed by atoms with Gasteiger partial charge in [0, 0.05) is 19.5 Å². The summed E-state index contributed by atoms with van der Waals surface area (Å²) < 4.78 is 11.1. The SMILES string of the molecule is CN=C(NCC(C)(O)c1ccco1)N(C)Cc1cc2ccccc2o1.I. The van der Waals surface area contributed by atoms with Gasteiger partial charge in [0.1, 0.15) is 22.7 Å². The van der Waals surface area contributed by atoms with Gasteiger partial charge in [0.05, 0.1) is 19.4 Å². The second-order valence-corrected chi connectivity index (χ2v) is 6.26. The average Bonchev–Trinajstić information content (AvgIpc) is 3.24. The minimum atomic E-state index is -1.13. The van der Waals surface area contributed by atoms with E-state index in [1.165, 1.54) is 0 Å². The summed E-state index contributed by atoms with van der Waals surface area (Å²) in [5.74, 6) is 2.02. The minimum absolute atomic E-state index is 0. The zero-order chi connectivity index (χ0) is 17.9. The summed E-state index contributed by atoms with van der Waals surface area (Å²) in [6.45, 7) is 2.54. The molecule has 0 aliphatic heterocycles. The Labute approximate surface area is 169 Å². The predicted octanol–water partition coefficient (Wildman–Crippen LogP) is 3.56. The molecule has 1 unspecified atom stereocenters. The first-order chi connectivity index (χ1) is 12.0. The van der Waals surface area contributed by atoms with Crippen molar-refractivity contribution in [2.45, 2.75) is 19.1 Å². The molecule has 7 heteroatoms. The van der Waals surface area contributed by atoms with E-state index in [2.05, 4.69) is 10.3 Å². The molecule has 2 aromatic heterocycles. The van der Waals surface area contributed by atoms with Crippen LogP contribution >= 0.6 is 24.0 Å². The van der Waals surface area contributed by atoms with Crippen LogP contribution in [-0.4, -0.2) is 36.6 Å². The van der Waals surface area contributed by atoms with Crippen LogP contribution in [0.25, 0.3) is 11.0 Å². The van der Waals surface area contributed by atoms with Gasteiger partial charge in [-0.1, -0.05) is 18.2 Å². The average molecular weight is 469 g/mol. The van der Waals surface area contributed by atoms with Crippen molar-refractivity contribution in [3.63, 3.8) is 0 Å². The Morgan fingerprint density at radius 2 is 2.04 bits per heavy atom. The smallest absolute Gasteiger partial charge is 0.193 e. The highest BCUT2D eigenvalue weighted by atomic mass is 127. The normalized spacial score (nSPS) is 13.9. The van der Waals surface area contributed by atoms with Crippen LogP contribution < -0.4 is 5.32 Å². The lowest BCUT2D eigenvalue weighted by atomic mass is 10.0. The molecule has 0 spiro atoms. The summed E-state index contributed by atoms with van der Waals surface area (Å²) >= 11 is 0. The van der Waals surface area contributed by atoms with Crippen molar-refractivity contribution in [3.05, 3.63) is 60.2 Å². The highest BCUT2D eigenvalue weighted by Gasteiger charge is 2.27. The molecular formula is C19H24IN3O3. The first kappa shape index (κ1) is 20.3. The molecule has 1 atom stereocenters. The van der Waals surface area contributed by atoms with Crippen molar-refractivity contribution < 1.29 is 13.9 Å². The van der Waals surface area contributed by atoms with Crippen LogP contribution in [0.5, 0.6) is 0 Å². The summed E-state index contributed by atoms with van der Waals surface area (Å²) in [6, 6.07) is 13.5. The van der Waals surface area contributed by atoms with E-state index in [1.54, 1.807) is 32.4 Å². The van der Waals surface area contributed by atoms with Crippen LogP contribution in [0.1, 0.15) is 18.4 Å². The van der Waals surface area contributed by atoms with Gasteiger partial charge in [-0.25, -0.2) is 0 Å². The van der Waals surface area contributed by atoms with E-state index in [0.29, 0.717) is 18.3 Å². The third kappa shape index (κ3) is 4.59. The maximum atomic E-state index is 10.5. The topological polar surface area (TPSA) is 74.1 Å². The van der Waals surface area contributed by atoms with Crippen LogP contribution in [0.4, 0.5) is 0 Å². The van der Waals surface area contributed by atoms with E-state index in [-0.39, 0.29) is 30.5 Å². The second-order valence-electron chi connectivity index (χ2n) is 6.26. The molecule has 0 amide bonds. The molecule has 2 N–H and O–H groups in total. The van der Waals surface area contributed by atoms with Crippen molar-refractivity contribution >= 4 is 40.9 Å². The van der Waals surface area contributed by atoms with Crippen molar-refractivity contribution in [1.82, 2.24) is 10.2 Å². The third-order valence-corrected chi connectivity index (χ3v) is 4.09. The van der Waals surface area contributed by atoms with Gasteiger partial charge in [0.2, 0.25) is 0 Å². The molecule has 6 nitrogen and oxygen atoms in total. The van der Waals surface area contributed by atoms with Gasteiger partial charge in [-0.15, -0.1) is 24.0 Å². The number of nitrogens with zero attached hydrogens (tertiary/aromatic N) is 2. The third-order valence-electron chi connectivity index (χ3n) is 4.09. The maximum absolute atomic E-state index is 10.5. The van der Waals surface area contributed by atoms with Gasteiger partial charge < -0.3 is 24.2 Å². The summed E-state index contributed by atoms with van der Waals surface area (Å²) in [5, 5.41) is 14.8. The summed E-state index contributed by atoms with van der Waals surface area (Å²) in [6.07, 6.45) is 1.55. The van der Waals surface area contributed by atoms with Crippen molar-refractivity contribution in [2.75, 3.05) is 20.6 Å². The van der Waals surface area contributed by atoms with Gasteiger partial charge in [-0.05, 0) is 31.2 Å². The molecular weight excluding hydrogens is 445 g/mol. The number of hydrogen-bond acceptors (Lipinski definition) is 4. The lowest BCUT2D eigenvalue weighted by molar-refractivity contribution is 0.0380. The quantitative estimate of drug-likeness (QED) is 0.340. The van der Waals surface area contributed by atoms with Crippen LogP contribution in [0.3, 0.4) is 0 Å². The van der Waals surface area contributed by atoms with Gasteiger partial charge in [-0.2, -0.15) is 0 Å². The van der Waals surface area contributed by atoms with E-state index in [0.717, 1.165) is 16.7 Å². The standard InChI is InChI=1S/C19H23N3O3.HI/c1-19(23,17-9-6-10-24-17)13-21-18(20-2)22(3)12-15-11-14-7-4-5-8-16(14)25-15;/h4-11,23H,12-13H2,1-3H3,(H,20,21);1H. The van der Waals surface area contributed by atoms with Crippen molar-refractivity contribution in [1.29, 1.82) is 0 Å². The number of halogens is 1. The number of para-hydroxylation sites is 1. The van der Waals surface area contributed by atoms with Crippen molar-refractivity contribution in [3.8, 4) is 0 Å². The Hall–Kier alpha value is -2.00.